The molecule has 1 aliphatic carbocycles. The van der Waals surface area contributed by atoms with E-state index >= 15 is 0 Å². The molecule has 0 aromatic carbocycles. The third-order valence-corrected chi connectivity index (χ3v) is 3.45. The lowest BCUT2D eigenvalue weighted by atomic mass is 10.1. The van der Waals surface area contributed by atoms with Crippen LogP contribution in [0.15, 0.2) is 0 Å². The molecule has 0 radical (unpaired) electrons. The van der Waals surface area contributed by atoms with Crippen LogP contribution in [-0.4, -0.2) is 37.1 Å². The van der Waals surface area contributed by atoms with Crippen LogP contribution in [0.1, 0.15) is 40.0 Å². The molecule has 0 aliphatic heterocycles. The van der Waals surface area contributed by atoms with Crippen LogP contribution in [0, 0.1) is 5.92 Å². The molecule has 1 aliphatic rings. The minimum absolute atomic E-state index is 0.806. The molecule has 1 N–H and O–H groups in total. The van der Waals surface area contributed by atoms with Crippen molar-refractivity contribution in [3.05, 3.63) is 0 Å². The van der Waals surface area contributed by atoms with Gasteiger partial charge in [0.1, 0.15) is 0 Å². The summed E-state index contributed by atoms with van der Waals surface area (Å²) < 4.78 is 0. The van der Waals surface area contributed by atoms with E-state index < -0.39 is 0 Å². The number of nitrogens with one attached hydrogen (secondary N) is 1. The summed E-state index contributed by atoms with van der Waals surface area (Å²) in [5, 5.41) is 3.67. The maximum Gasteiger partial charge on any atom is 0.0107 e. The van der Waals surface area contributed by atoms with Gasteiger partial charge in [-0.25, -0.2) is 0 Å². The van der Waals surface area contributed by atoms with E-state index in [1.165, 1.54) is 45.4 Å². The standard InChI is InChI=1S/C12H26N2/c1-4-14(5-2)9-8-13-12-7-6-11(3)10-12/h11-13H,4-10H2,1-3H3/t11-,12-/m0/s1. The van der Waals surface area contributed by atoms with Crippen LogP contribution in [-0.2, 0) is 0 Å². The minimum atomic E-state index is 0.806. The van der Waals surface area contributed by atoms with Crippen molar-refractivity contribution < 1.29 is 0 Å². The molecule has 0 saturated heterocycles. The lowest BCUT2D eigenvalue weighted by Crippen LogP contribution is -2.36. The Morgan fingerprint density at radius 3 is 2.43 bits per heavy atom. The summed E-state index contributed by atoms with van der Waals surface area (Å²) in [4.78, 5) is 2.48. The Bertz CT molecular complexity index is 143. The summed E-state index contributed by atoms with van der Waals surface area (Å²) >= 11 is 0. The quantitative estimate of drug-likeness (QED) is 0.703. The smallest absolute Gasteiger partial charge is 0.0107 e. The summed E-state index contributed by atoms with van der Waals surface area (Å²) in [6.07, 6.45) is 4.20. The van der Waals surface area contributed by atoms with Crippen LogP contribution in [0.5, 0.6) is 0 Å². The molecular weight excluding hydrogens is 172 g/mol. The van der Waals surface area contributed by atoms with Gasteiger partial charge >= 0.3 is 0 Å². The Balaban J connectivity index is 2.03. The molecule has 0 aromatic heterocycles. The fourth-order valence-corrected chi connectivity index (χ4v) is 2.36. The summed E-state index contributed by atoms with van der Waals surface area (Å²) in [7, 11) is 0. The molecule has 84 valence electrons. The number of rotatable bonds is 6. The summed E-state index contributed by atoms with van der Waals surface area (Å²) in [6.45, 7) is 11.6. The summed E-state index contributed by atoms with van der Waals surface area (Å²) in [5.74, 6) is 0.945. The number of hydrogen-bond donors (Lipinski definition) is 1. The largest absolute Gasteiger partial charge is 0.313 e. The van der Waals surface area contributed by atoms with Gasteiger partial charge in [-0.15, -0.1) is 0 Å². The van der Waals surface area contributed by atoms with E-state index in [1.54, 1.807) is 0 Å². The van der Waals surface area contributed by atoms with E-state index in [0.717, 1.165) is 12.0 Å². The molecule has 2 heteroatoms. The van der Waals surface area contributed by atoms with Crippen LogP contribution in [0.4, 0.5) is 0 Å². The van der Waals surface area contributed by atoms with Crippen LogP contribution >= 0.6 is 0 Å². The van der Waals surface area contributed by atoms with Crippen molar-refractivity contribution in [3.63, 3.8) is 0 Å². The van der Waals surface area contributed by atoms with E-state index in [-0.39, 0.29) is 0 Å². The second-order valence-corrected chi connectivity index (χ2v) is 4.60. The first kappa shape index (κ1) is 12.0. The second-order valence-electron chi connectivity index (χ2n) is 4.60. The molecule has 0 aromatic rings. The van der Waals surface area contributed by atoms with Gasteiger partial charge in [0.05, 0.1) is 0 Å². The van der Waals surface area contributed by atoms with Gasteiger partial charge in [0.25, 0.3) is 0 Å². The predicted octanol–water partition coefficient (Wildman–Crippen LogP) is 2.11. The highest BCUT2D eigenvalue weighted by Crippen LogP contribution is 2.24. The molecule has 0 amide bonds. The normalized spacial score (nSPS) is 27.4. The van der Waals surface area contributed by atoms with Crippen molar-refractivity contribution in [1.82, 2.24) is 10.2 Å². The van der Waals surface area contributed by atoms with Gasteiger partial charge in [-0.1, -0.05) is 20.8 Å². The van der Waals surface area contributed by atoms with E-state index in [4.69, 9.17) is 0 Å². The summed E-state index contributed by atoms with van der Waals surface area (Å²) in [5.41, 5.74) is 0. The Morgan fingerprint density at radius 2 is 1.93 bits per heavy atom. The van der Waals surface area contributed by atoms with E-state index in [0.29, 0.717) is 0 Å². The van der Waals surface area contributed by atoms with Crippen LogP contribution in [0.3, 0.4) is 0 Å². The highest BCUT2D eigenvalue weighted by molar-refractivity contribution is 4.78. The van der Waals surface area contributed by atoms with Crippen LogP contribution in [0.2, 0.25) is 0 Å². The topological polar surface area (TPSA) is 15.3 Å². The third-order valence-electron chi connectivity index (χ3n) is 3.45. The molecule has 0 spiro atoms. The molecule has 0 bridgehead atoms. The average Bonchev–Trinajstić information content (AvgIpc) is 2.59. The Kier molecular flexibility index (Phi) is 5.49. The molecule has 14 heavy (non-hydrogen) atoms. The molecule has 1 rings (SSSR count). The number of nitrogens with zero attached hydrogens (tertiary/aromatic N) is 1. The average molecular weight is 198 g/mol. The van der Waals surface area contributed by atoms with Gasteiger partial charge in [0.15, 0.2) is 0 Å². The van der Waals surface area contributed by atoms with Gasteiger partial charge in [-0.3, -0.25) is 0 Å². The van der Waals surface area contributed by atoms with Gasteiger partial charge in [0, 0.05) is 19.1 Å². The highest BCUT2D eigenvalue weighted by atomic mass is 15.1. The Morgan fingerprint density at radius 1 is 1.21 bits per heavy atom. The second kappa shape index (κ2) is 6.41. The van der Waals surface area contributed by atoms with E-state index in [2.05, 4.69) is 31.0 Å². The monoisotopic (exact) mass is 198 g/mol. The molecule has 0 heterocycles. The predicted molar refractivity (Wildman–Crippen MR) is 62.6 cm³/mol. The number of hydrogen-bond acceptors (Lipinski definition) is 2. The maximum atomic E-state index is 3.67. The van der Waals surface area contributed by atoms with Crippen molar-refractivity contribution in [2.24, 2.45) is 5.92 Å². The Labute approximate surface area is 89.1 Å². The van der Waals surface area contributed by atoms with Crippen molar-refractivity contribution in [2.75, 3.05) is 26.2 Å². The van der Waals surface area contributed by atoms with Crippen molar-refractivity contribution >= 4 is 0 Å². The highest BCUT2D eigenvalue weighted by Gasteiger charge is 2.20. The van der Waals surface area contributed by atoms with Crippen molar-refractivity contribution in [1.29, 1.82) is 0 Å². The van der Waals surface area contributed by atoms with Gasteiger partial charge in [-0.2, -0.15) is 0 Å². The SMILES string of the molecule is CCN(CC)CCN[C@H]1CC[C@H](C)C1. The maximum absolute atomic E-state index is 3.67. The summed E-state index contributed by atoms with van der Waals surface area (Å²) in [6, 6.07) is 0.806. The molecule has 1 saturated carbocycles. The molecule has 0 unspecified atom stereocenters. The fraction of sp³-hybridized carbons (Fsp3) is 1.00. The zero-order chi connectivity index (χ0) is 10.4. The first-order chi connectivity index (χ1) is 6.76. The van der Waals surface area contributed by atoms with E-state index in [1.807, 2.05) is 0 Å². The minimum Gasteiger partial charge on any atom is -0.313 e. The van der Waals surface area contributed by atoms with Crippen molar-refractivity contribution in [3.8, 4) is 0 Å². The third kappa shape index (κ3) is 3.97. The molecule has 2 atom stereocenters. The first-order valence-corrected chi connectivity index (χ1v) is 6.22. The lowest BCUT2D eigenvalue weighted by Gasteiger charge is -2.20. The van der Waals surface area contributed by atoms with Gasteiger partial charge < -0.3 is 10.2 Å². The molecular formula is C12H26N2. The first-order valence-electron chi connectivity index (χ1n) is 6.22. The van der Waals surface area contributed by atoms with E-state index in [9.17, 15) is 0 Å². The van der Waals surface area contributed by atoms with Crippen LogP contribution < -0.4 is 5.32 Å². The van der Waals surface area contributed by atoms with Gasteiger partial charge in [-0.05, 0) is 38.3 Å². The fourth-order valence-electron chi connectivity index (χ4n) is 2.36. The number of likely N-dealkylation sites (N-methyl/N-ethyl adjacent to an activating group) is 1. The zero-order valence-corrected chi connectivity index (χ0v) is 10.1. The zero-order valence-electron chi connectivity index (χ0n) is 10.1. The van der Waals surface area contributed by atoms with Crippen LogP contribution in [0.25, 0.3) is 0 Å². The van der Waals surface area contributed by atoms with Gasteiger partial charge in [0.2, 0.25) is 0 Å². The van der Waals surface area contributed by atoms with Crippen molar-refractivity contribution in [2.45, 2.75) is 46.1 Å². The molecule has 2 nitrogen and oxygen atoms in total. The lowest BCUT2D eigenvalue weighted by molar-refractivity contribution is 0.295. The Hall–Kier alpha value is -0.0800. The molecule has 1 fully saturated rings.